The molecule has 0 aliphatic heterocycles. The zero-order chi connectivity index (χ0) is 18.1. The highest BCUT2D eigenvalue weighted by molar-refractivity contribution is 5.95. The second-order valence-corrected chi connectivity index (χ2v) is 6.19. The van der Waals surface area contributed by atoms with Crippen LogP contribution in [-0.2, 0) is 14.3 Å². The third-order valence-corrected chi connectivity index (χ3v) is 4.28. The average molecular weight is 350 g/mol. The molecule has 1 aliphatic carbocycles. The number of benzene rings is 1. The van der Waals surface area contributed by atoms with Crippen LogP contribution in [0, 0.1) is 11.7 Å². The van der Waals surface area contributed by atoms with Crippen molar-refractivity contribution < 1.29 is 23.5 Å². The zero-order valence-electron chi connectivity index (χ0n) is 14.1. The maximum atomic E-state index is 13.4. The zero-order valence-corrected chi connectivity index (χ0v) is 14.1. The largest absolute Gasteiger partial charge is 0.455 e. The Morgan fingerprint density at radius 3 is 2.52 bits per heavy atom. The van der Waals surface area contributed by atoms with Gasteiger partial charge in [-0.15, -0.1) is 0 Å². The molecule has 1 fully saturated rings. The Kier molecular flexibility index (Phi) is 7.37. The number of carbonyl (C=O) groups is 3. The van der Waals surface area contributed by atoms with Gasteiger partial charge in [-0.2, -0.15) is 0 Å². The van der Waals surface area contributed by atoms with E-state index in [1.165, 1.54) is 37.5 Å². The predicted molar refractivity (Wildman–Crippen MR) is 88.8 cm³/mol. The molecule has 2 rings (SSSR count). The number of carbonyl (C=O) groups excluding carboxylic acids is 3. The number of nitrogens with one attached hydrogen (secondary N) is 2. The highest BCUT2D eigenvalue weighted by Crippen LogP contribution is 2.27. The van der Waals surface area contributed by atoms with Crippen LogP contribution in [0.1, 0.15) is 55.3 Å². The smallest absolute Gasteiger partial charge is 0.306 e. The Hall–Kier alpha value is -2.44. The van der Waals surface area contributed by atoms with Crippen LogP contribution in [0.3, 0.4) is 0 Å². The van der Waals surface area contributed by atoms with E-state index >= 15 is 0 Å². The lowest BCUT2D eigenvalue weighted by Crippen LogP contribution is -2.43. The molecule has 136 valence electrons. The van der Waals surface area contributed by atoms with Gasteiger partial charge in [-0.1, -0.05) is 44.2 Å². The SMILES string of the molecule is O=C(COC(=O)CCC1CCCCC1)NNC(=O)c1ccccc1F. The topological polar surface area (TPSA) is 84.5 Å². The van der Waals surface area contributed by atoms with Gasteiger partial charge in [0.05, 0.1) is 5.56 Å². The monoisotopic (exact) mass is 350 g/mol. The third-order valence-electron chi connectivity index (χ3n) is 4.28. The van der Waals surface area contributed by atoms with Gasteiger partial charge in [-0.25, -0.2) is 4.39 Å². The van der Waals surface area contributed by atoms with Crippen LogP contribution >= 0.6 is 0 Å². The van der Waals surface area contributed by atoms with E-state index in [1.807, 2.05) is 0 Å². The van der Waals surface area contributed by atoms with E-state index in [1.54, 1.807) is 0 Å². The van der Waals surface area contributed by atoms with Crippen LogP contribution in [0.15, 0.2) is 24.3 Å². The first-order valence-electron chi connectivity index (χ1n) is 8.55. The predicted octanol–water partition coefficient (Wildman–Crippen LogP) is 2.49. The van der Waals surface area contributed by atoms with Crippen LogP contribution in [-0.4, -0.2) is 24.4 Å². The molecular formula is C18H23FN2O4. The first-order chi connectivity index (χ1) is 12.1. The number of amides is 2. The van der Waals surface area contributed by atoms with E-state index in [0.29, 0.717) is 12.3 Å². The Bertz CT molecular complexity index is 615. The van der Waals surface area contributed by atoms with Crippen LogP contribution in [0.4, 0.5) is 4.39 Å². The lowest BCUT2D eigenvalue weighted by atomic mass is 9.86. The maximum absolute atomic E-state index is 13.4. The number of hydrazine groups is 1. The minimum absolute atomic E-state index is 0.188. The van der Waals surface area contributed by atoms with Gasteiger partial charge in [0.15, 0.2) is 6.61 Å². The summed E-state index contributed by atoms with van der Waals surface area (Å²) in [6, 6.07) is 5.40. The summed E-state index contributed by atoms with van der Waals surface area (Å²) >= 11 is 0. The summed E-state index contributed by atoms with van der Waals surface area (Å²) in [5, 5.41) is 0. The van der Waals surface area contributed by atoms with E-state index in [-0.39, 0.29) is 5.56 Å². The number of esters is 1. The second kappa shape index (κ2) is 9.76. The van der Waals surface area contributed by atoms with Crippen molar-refractivity contribution in [3.05, 3.63) is 35.6 Å². The Balaban J connectivity index is 1.62. The molecule has 0 saturated heterocycles. The van der Waals surface area contributed by atoms with Crippen molar-refractivity contribution in [2.24, 2.45) is 5.92 Å². The molecule has 0 unspecified atom stereocenters. The first-order valence-corrected chi connectivity index (χ1v) is 8.55. The molecule has 0 bridgehead atoms. The fourth-order valence-corrected chi connectivity index (χ4v) is 2.89. The van der Waals surface area contributed by atoms with Gasteiger partial charge in [0.25, 0.3) is 11.8 Å². The van der Waals surface area contributed by atoms with Gasteiger partial charge in [0, 0.05) is 6.42 Å². The van der Waals surface area contributed by atoms with Crippen molar-refractivity contribution in [3.63, 3.8) is 0 Å². The summed E-state index contributed by atoms with van der Waals surface area (Å²) in [6.45, 7) is -0.485. The lowest BCUT2D eigenvalue weighted by molar-refractivity contribution is -0.149. The molecule has 1 aromatic rings. The van der Waals surface area contributed by atoms with E-state index < -0.39 is 30.2 Å². The molecular weight excluding hydrogens is 327 g/mol. The molecule has 0 heterocycles. The summed E-state index contributed by atoms with van der Waals surface area (Å²) in [6.07, 6.45) is 7.06. The number of halogens is 1. The molecule has 7 heteroatoms. The first kappa shape index (κ1) is 18.9. The molecule has 25 heavy (non-hydrogen) atoms. The van der Waals surface area contributed by atoms with Crippen molar-refractivity contribution in [2.45, 2.75) is 44.9 Å². The van der Waals surface area contributed by atoms with E-state index in [9.17, 15) is 18.8 Å². The molecule has 1 saturated carbocycles. The molecule has 0 atom stereocenters. The Morgan fingerprint density at radius 1 is 1.08 bits per heavy atom. The molecule has 1 aromatic carbocycles. The van der Waals surface area contributed by atoms with Crippen LogP contribution in [0.25, 0.3) is 0 Å². The van der Waals surface area contributed by atoms with Crippen molar-refractivity contribution >= 4 is 17.8 Å². The maximum Gasteiger partial charge on any atom is 0.306 e. The highest BCUT2D eigenvalue weighted by Gasteiger charge is 2.16. The van der Waals surface area contributed by atoms with Gasteiger partial charge in [-0.05, 0) is 24.5 Å². The normalized spacial score (nSPS) is 14.6. The van der Waals surface area contributed by atoms with E-state index in [0.717, 1.165) is 25.3 Å². The quantitative estimate of drug-likeness (QED) is 0.610. The van der Waals surface area contributed by atoms with Crippen LogP contribution in [0.2, 0.25) is 0 Å². The molecule has 0 spiro atoms. The number of hydrogen-bond acceptors (Lipinski definition) is 4. The molecule has 2 N–H and O–H groups in total. The van der Waals surface area contributed by atoms with Crippen molar-refractivity contribution in [1.82, 2.24) is 10.9 Å². The van der Waals surface area contributed by atoms with Gasteiger partial charge < -0.3 is 4.74 Å². The fourth-order valence-electron chi connectivity index (χ4n) is 2.89. The summed E-state index contributed by atoms with van der Waals surface area (Å²) in [7, 11) is 0. The summed E-state index contributed by atoms with van der Waals surface area (Å²) in [5.41, 5.74) is 3.98. The van der Waals surface area contributed by atoms with Crippen molar-refractivity contribution in [2.75, 3.05) is 6.61 Å². The third kappa shape index (κ3) is 6.52. The van der Waals surface area contributed by atoms with E-state index in [2.05, 4.69) is 10.9 Å². The second-order valence-electron chi connectivity index (χ2n) is 6.19. The van der Waals surface area contributed by atoms with Crippen LogP contribution < -0.4 is 10.9 Å². The summed E-state index contributed by atoms with van der Waals surface area (Å²) < 4.78 is 18.3. The van der Waals surface area contributed by atoms with Crippen molar-refractivity contribution in [1.29, 1.82) is 0 Å². The van der Waals surface area contributed by atoms with Gasteiger partial charge in [0.1, 0.15) is 5.82 Å². The van der Waals surface area contributed by atoms with Gasteiger partial charge in [0.2, 0.25) is 0 Å². The van der Waals surface area contributed by atoms with Gasteiger partial charge >= 0.3 is 5.97 Å². The van der Waals surface area contributed by atoms with E-state index in [4.69, 9.17) is 4.74 Å². The van der Waals surface area contributed by atoms with Gasteiger partial charge in [-0.3, -0.25) is 25.2 Å². The summed E-state index contributed by atoms with van der Waals surface area (Å²) in [5.74, 6) is -2.02. The van der Waals surface area contributed by atoms with Crippen molar-refractivity contribution in [3.8, 4) is 0 Å². The molecule has 6 nitrogen and oxygen atoms in total. The summed E-state index contributed by atoms with van der Waals surface area (Å²) in [4.78, 5) is 34.9. The number of hydrogen-bond donors (Lipinski definition) is 2. The highest BCUT2D eigenvalue weighted by atomic mass is 19.1. The minimum atomic E-state index is -0.782. The molecule has 0 radical (unpaired) electrons. The van der Waals surface area contributed by atoms with Crippen LogP contribution in [0.5, 0.6) is 0 Å². The molecule has 2 amide bonds. The molecule has 1 aliphatic rings. The lowest BCUT2D eigenvalue weighted by Gasteiger charge is -2.20. The number of rotatable bonds is 6. The standard InChI is InChI=1S/C18H23FN2O4/c19-15-9-5-4-8-14(15)18(24)21-20-16(22)12-25-17(23)11-10-13-6-2-1-3-7-13/h4-5,8-9,13H,1-3,6-7,10-12H2,(H,20,22)(H,21,24). The fraction of sp³-hybridized carbons (Fsp3) is 0.500. The minimum Gasteiger partial charge on any atom is -0.455 e. The Morgan fingerprint density at radius 2 is 1.80 bits per heavy atom. The molecule has 0 aromatic heterocycles. The average Bonchev–Trinajstić information content (AvgIpc) is 2.64. The Labute approximate surface area is 146 Å². The number of ether oxygens (including phenoxy) is 1.